The van der Waals surface area contributed by atoms with Crippen molar-refractivity contribution in [1.82, 2.24) is 5.43 Å². The molecule has 0 aliphatic rings. The molecule has 1 N–H and O–H groups in total. The van der Waals surface area contributed by atoms with E-state index in [1.54, 1.807) is 48.5 Å². The first kappa shape index (κ1) is 24.8. The van der Waals surface area contributed by atoms with Gasteiger partial charge in [0.25, 0.3) is 5.91 Å². The molecule has 0 spiro atoms. The molecule has 6 nitrogen and oxygen atoms in total. The van der Waals surface area contributed by atoms with E-state index in [9.17, 15) is 13.2 Å². The van der Waals surface area contributed by atoms with Gasteiger partial charge in [-0.15, -0.1) is 0 Å². The van der Waals surface area contributed by atoms with E-state index in [0.29, 0.717) is 26.9 Å². The number of sulfonamides is 1. The zero-order chi connectivity index (χ0) is 24.2. The van der Waals surface area contributed by atoms with Crippen LogP contribution in [0.15, 0.2) is 65.8 Å². The second-order valence-electron chi connectivity index (χ2n) is 7.60. The molecule has 0 aromatic heterocycles. The topological polar surface area (TPSA) is 78.8 Å². The monoisotopic (exact) mass is 503 g/mol. The first-order chi connectivity index (χ1) is 15.5. The summed E-state index contributed by atoms with van der Waals surface area (Å²) in [6.45, 7) is 4.06. The lowest BCUT2D eigenvalue weighted by molar-refractivity contribution is 0.0955. The lowest BCUT2D eigenvalue weighted by atomic mass is 10.1. The van der Waals surface area contributed by atoms with Crippen molar-refractivity contribution in [2.75, 3.05) is 10.6 Å². The fourth-order valence-electron chi connectivity index (χ4n) is 3.04. The molecule has 0 radical (unpaired) electrons. The van der Waals surface area contributed by atoms with E-state index >= 15 is 0 Å². The highest BCUT2D eigenvalue weighted by Crippen LogP contribution is 2.24. The molecule has 3 aromatic carbocycles. The van der Waals surface area contributed by atoms with Gasteiger partial charge >= 0.3 is 0 Å². The Kier molecular flexibility index (Phi) is 7.79. The largest absolute Gasteiger partial charge is 0.271 e. The van der Waals surface area contributed by atoms with Gasteiger partial charge in [-0.1, -0.05) is 47.5 Å². The molecular weight excluding hydrogens is 481 g/mol. The summed E-state index contributed by atoms with van der Waals surface area (Å²) in [7, 11) is -3.50. The number of hydrogen-bond donors (Lipinski definition) is 1. The zero-order valence-corrected chi connectivity index (χ0v) is 20.7. The number of aryl methyl sites for hydroxylation is 2. The fraction of sp³-hybridized carbons (Fsp3) is 0.167. The average molecular weight is 504 g/mol. The van der Waals surface area contributed by atoms with Crippen LogP contribution >= 0.6 is 23.2 Å². The molecule has 1 amide bonds. The summed E-state index contributed by atoms with van der Waals surface area (Å²) in [4.78, 5) is 12.4. The van der Waals surface area contributed by atoms with E-state index in [0.717, 1.165) is 16.7 Å². The third kappa shape index (κ3) is 6.57. The molecule has 33 heavy (non-hydrogen) atoms. The summed E-state index contributed by atoms with van der Waals surface area (Å²) in [6, 6.07) is 17.2. The van der Waals surface area contributed by atoms with E-state index < -0.39 is 15.9 Å². The Morgan fingerprint density at radius 1 is 1.00 bits per heavy atom. The summed E-state index contributed by atoms with van der Waals surface area (Å²) in [5.41, 5.74) is 6.87. The Morgan fingerprint density at radius 2 is 1.70 bits per heavy atom. The van der Waals surface area contributed by atoms with E-state index in [4.69, 9.17) is 23.2 Å². The number of halogens is 2. The van der Waals surface area contributed by atoms with Crippen molar-refractivity contribution in [3.8, 4) is 0 Å². The standard InChI is InChI=1S/C24H23Cl2N3O3S/c1-16-4-11-22(12-17(16)2)29(33(3,31)32)15-18-5-7-19(8-6-18)24(30)28-27-14-20-9-10-21(25)13-23(20)26/h4-14H,15H2,1-3H3,(H,28,30)/b27-14-. The predicted molar refractivity (Wildman–Crippen MR) is 135 cm³/mol. The Morgan fingerprint density at radius 3 is 2.30 bits per heavy atom. The van der Waals surface area contributed by atoms with Crippen LogP contribution in [0.3, 0.4) is 0 Å². The molecule has 0 bridgehead atoms. The highest BCUT2D eigenvalue weighted by Gasteiger charge is 2.18. The molecule has 0 aliphatic carbocycles. The van der Waals surface area contributed by atoms with Crippen molar-refractivity contribution in [3.05, 3.63) is 98.5 Å². The molecule has 172 valence electrons. The smallest absolute Gasteiger partial charge is 0.267 e. The predicted octanol–water partition coefficient (Wildman–Crippen LogP) is 5.34. The van der Waals surface area contributed by atoms with Gasteiger partial charge in [-0.25, -0.2) is 13.8 Å². The van der Waals surface area contributed by atoms with Crippen LogP contribution in [0.1, 0.15) is 32.6 Å². The molecule has 0 unspecified atom stereocenters. The Balaban J connectivity index is 1.70. The van der Waals surface area contributed by atoms with E-state index in [2.05, 4.69) is 10.5 Å². The molecule has 3 aromatic rings. The first-order valence-corrected chi connectivity index (χ1v) is 12.6. The van der Waals surface area contributed by atoms with Crippen LogP contribution in [0.25, 0.3) is 0 Å². The van der Waals surface area contributed by atoms with Gasteiger partial charge in [0, 0.05) is 16.1 Å². The maximum absolute atomic E-state index is 12.4. The Hall–Kier alpha value is -2.87. The summed E-state index contributed by atoms with van der Waals surface area (Å²) >= 11 is 11.9. The van der Waals surface area contributed by atoms with Crippen LogP contribution < -0.4 is 9.73 Å². The van der Waals surface area contributed by atoms with E-state index in [1.807, 2.05) is 26.0 Å². The molecule has 9 heteroatoms. The first-order valence-electron chi connectivity index (χ1n) is 9.97. The van der Waals surface area contributed by atoms with Crippen molar-refractivity contribution in [1.29, 1.82) is 0 Å². The summed E-state index contributed by atoms with van der Waals surface area (Å²) in [5.74, 6) is -0.406. The summed E-state index contributed by atoms with van der Waals surface area (Å²) in [6.07, 6.45) is 2.60. The van der Waals surface area contributed by atoms with Crippen LogP contribution in [0.2, 0.25) is 10.0 Å². The number of benzene rings is 3. The Bertz CT molecular complexity index is 1310. The Labute approximate surface area is 203 Å². The quantitative estimate of drug-likeness (QED) is 0.349. The molecule has 0 aliphatic heterocycles. The molecular formula is C24H23Cl2N3O3S. The van der Waals surface area contributed by atoms with Crippen LogP contribution in [0.4, 0.5) is 5.69 Å². The minimum atomic E-state index is -3.50. The minimum absolute atomic E-state index is 0.149. The third-order valence-electron chi connectivity index (χ3n) is 5.05. The summed E-state index contributed by atoms with van der Waals surface area (Å²) < 4.78 is 26.2. The highest BCUT2D eigenvalue weighted by atomic mass is 35.5. The number of nitrogens with zero attached hydrogens (tertiary/aromatic N) is 2. The van der Waals surface area contributed by atoms with E-state index in [1.165, 1.54) is 16.8 Å². The fourth-order valence-corrected chi connectivity index (χ4v) is 4.38. The molecule has 0 saturated carbocycles. The molecule has 0 atom stereocenters. The zero-order valence-electron chi connectivity index (χ0n) is 18.3. The van der Waals surface area contributed by atoms with Crippen molar-refractivity contribution in [3.63, 3.8) is 0 Å². The minimum Gasteiger partial charge on any atom is -0.267 e. The van der Waals surface area contributed by atoms with Gasteiger partial charge in [-0.3, -0.25) is 9.10 Å². The van der Waals surface area contributed by atoms with Gasteiger partial charge in [0.15, 0.2) is 0 Å². The third-order valence-corrected chi connectivity index (χ3v) is 6.76. The summed E-state index contributed by atoms with van der Waals surface area (Å²) in [5, 5.41) is 4.85. The lowest BCUT2D eigenvalue weighted by Crippen LogP contribution is -2.29. The SMILES string of the molecule is Cc1ccc(N(Cc2ccc(C(=O)N/N=C\c3ccc(Cl)cc3Cl)cc2)S(C)(=O)=O)cc1C. The number of nitrogens with one attached hydrogen (secondary N) is 1. The molecule has 0 fully saturated rings. The van der Waals surface area contributed by atoms with Gasteiger partial charge in [0.1, 0.15) is 0 Å². The number of carbonyl (C=O) groups excluding carboxylic acids is 1. The number of anilines is 1. The molecule has 0 heterocycles. The van der Waals surface area contributed by atoms with E-state index in [-0.39, 0.29) is 6.54 Å². The molecule has 0 saturated heterocycles. The number of hydrazone groups is 1. The molecule has 3 rings (SSSR count). The number of amides is 1. The van der Waals surface area contributed by atoms with Crippen LogP contribution in [-0.2, 0) is 16.6 Å². The lowest BCUT2D eigenvalue weighted by Gasteiger charge is -2.23. The van der Waals surface area contributed by atoms with Crippen LogP contribution in [0.5, 0.6) is 0 Å². The second kappa shape index (κ2) is 10.4. The van der Waals surface area contributed by atoms with Gasteiger partial charge in [0.2, 0.25) is 10.0 Å². The number of carbonyl (C=O) groups is 1. The maximum Gasteiger partial charge on any atom is 0.271 e. The van der Waals surface area contributed by atoms with Crippen molar-refractivity contribution >= 4 is 51.0 Å². The van der Waals surface area contributed by atoms with Gasteiger partial charge in [0.05, 0.1) is 29.7 Å². The number of rotatable bonds is 7. The van der Waals surface area contributed by atoms with Crippen molar-refractivity contribution < 1.29 is 13.2 Å². The van der Waals surface area contributed by atoms with Gasteiger partial charge < -0.3 is 0 Å². The van der Waals surface area contributed by atoms with Crippen molar-refractivity contribution in [2.45, 2.75) is 20.4 Å². The highest BCUT2D eigenvalue weighted by molar-refractivity contribution is 7.92. The number of hydrogen-bond acceptors (Lipinski definition) is 4. The van der Waals surface area contributed by atoms with Crippen LogP contribution in [0, 0.1) is 13.8 Å². The average Bonchev–Trinajstić information content (AvgIpc) is 2.75. The second-order valence-corrected chi connectivity index (χ2v) is 10.4. The maximum atomic E-state index is 12.4. The van der Waals surface area contributed by atoms with Crippen molar-refractivity contribution in [2.24, 2.45) is 5.10 Å². The van der Waals surface area contributed by atoms with Crippen LogP contribution in [-0.4, -0.2) is 26.8 Å². The van der Waals surface area contributed by atoms with Gasteiger partial charge in [-0.05, 0) is 66.9 Å². The van der Waals surface area contributed by atoms with Gasteiger partial charge in [-0.2, -0.15) is 5.10 Å². The normalized spacial score (nSPS) is 11.5.